The molecule has 0 spiro atoms. The predicted octanol–water partition coefficient (Wildman–Crippen LogP) is 5.20. The molecule has 1 aliphatic rings. The normalized spacial score (nSPS) is 13.8. The van der Waals surface area contributed by atoms with Crippen LogP contribution in [-0.4, -0.2) is 26.2 Å². The third kappa shape index (κ3) is 3.68. The summed E-state index contributed by atoms with van der Waals surface area (Å²) in [6, 6.07) is 16.0. The van der Waals surface area contributed by atoms with Gasteiger partial charge in [-0.1, -0.05) is 52.8 Å². The highest BCUT2D eigenvalue weighted by Gasteiger charge is 2.23. The lowest BCUT2D eigenvalue weighted by Gasteiger charge is -2.09. The Morgan fingerprint density at radius 3 is 2.71 bits per heavy atom. The highest BCUT2D eigenvalue weighted by atomic mass is 35.5. The van der Waals surface area contributed by atoms with Crippen molar-refractivity contribution in [3.63, 3.8) is 0 Å². The summed E-state index contributed by atoms with van der Waals surface area (Å²) in [5.41, 5.74) is 1.67. The number of fused-ring (bicyclic) bond motifs is 1. The Hall–Kier alpha value is -2.64. The van der Waals surface area contributed by atoms with Gasteiger partial charge in [-0.05, 0) is 37.1 Å². The summed E-state index contributed by atoms with van der Waals surface area (Å²) in [7, 11) is 0. The number of aromatic nitrogens is 4. The van der Waals surface area contributed by atoms with Crippen molar-refractivity contribution < 1.29 is 4.52 Å². The van der Waals surface area contributed by atoms with E-state index in [1.165, 1.54) is 24.6 Å². The van der Waals surface area contributed by atoms with Crippen LogP contribution in [0.4, 0.5) is 5.82 Å². The monoisotopic (exact) mass is 409 g/mol. The Labute approximate surface area is 170 Å². The Kier molecular flexibility index (Phi) is 4.62. The molecule has 1 fully saturated rings. The van der Waals surface area contributed by atoms with Crippen LogP contribution < -0.4 is 5.32 Å². The summed E-state index contributed by atoms with van der Waals surface area (Å²) in [6.07, 6.45) is 2.38. The number of nitrogens with one attached hydrogen (secondary N) is 1. The maximum atomic E-state index is 6.21. The largest absolute Gasteiger partial charge is 0.367 e. The molecule has 0 atom stereocenters. The molecule has 0 unspecified atom stereocenters. The molecule has 2 aromatic heterocycles. The summed E-state index contributed by atoms with van der Waals surface area (Å²) >= 11 is 7.68. The number of rotatable bonds is 6. The first-order chi connectivity index (χ1) is 13.8. The van der Waals surface area contributed by atoms with E-state index in [0.29, 0.717) is 33.7 Å². The average Bonchev–Trinajstić information content (AvgIpc) is 3.41. The molecule has 1 N–H and O–H groups in total. The van der Waals surface area contributed by atoms with Crippen LogP contribution in [0.15, 0.2) is 58.2 Å². The summed E-state index contributed by atoms with van der Waals surface area (Å²) in [5.74, 6) is 2.36. The van der Waals surface area contributed by atoms with Crippen molar-refractivity contribution in [3.8, 4) is 11.4 Å². The van der Waals surface area contributed by atoms with E-state index in [1.54, 1.807) is 6.07 Å². The van der Waals surface area contributed by atoms with Crippen molar-refractivity contribution in [1.82, 2.24) is 20.1 Å². The molecule has 0 aliphatic heterocycles. The molecule has 1 saturated carbocycles. The maximum Gasteiger partial charge on any atom is 0.237 e. The van der Waals surface area contributed by atoms with Gasteiger partial charge in [0, 0.05) is 17.0 Å². The molecule has 6 nitrogen and oxygen atoms in total. The van der Waals surface area contributed by atoms with Crippen LogP contribution in [0.3, 0.4) is 0 Å². The van der Waals surface area contributed by atoms with Gasteiger partial charge >= 0.3 is 0 Å². The Bertz CT molecular complexity index is 1140. The molecule has 4 aromatic rings. The van der Waals surface area contributed by atoms with E-state index in [2.05, 4.69) is 20.4 Å². The number of thioether (sulfide) groups is 1. The molecule has 1 aliphatic carbocycles. The second-order valence-electron chi connectivity index (χ2n) is 6.57. The van der Waals surface area contributed by atoms with E-state index < -0.39 is 0 Å². The fraction of sp³-hybridized carbons (Fsp3) is 0.200. The minimum Gasteiger partial charge on any atom is -0.367 e. The Morgan fingerprint density at radius 2 is 1.86 bits per heavy atom. The van der Waals surface area contributed by atoms with Crippen LogP contribution >= 0.6 is 23.4 Å². The fourth-order valence-corrected chi connectivity index (χ4v) is 3.75. The lowest BCUT2D eigenvalue weighted by molar-refractivity contribution is 0.391. The number of benzene rings is 2. The first-order valence-corrected chi connectivity index (χ1v) is 10.4. The van der Waals surface area contributed by atoms with Crippen molar-refractivity contribution in [3.05, 3.63) is 59.4 Å². The third-order valence-electron chi connectivity index (χ3n) is 4.41. The van der Waals surface area contributed by atoms with Gasteiger partial charge in [0.1, 0.15) is 5.82 Å². The van der Waals surface area contributed by atoms with Crippen LogP contribution in [0.25, 0.3) is 22.3 Å². The number of hydrogen-bond donors (Lipinski definition) is 1. The van der Waals surface area contributed by atoms with E-state index in [0.717, 1.165) is 22.3 Å². The first-order valence-electron chi connectivity index (χ1n) is 9.00. The molecule has 0 bridgehead atoms. The van der Waals surface area contributed by atoms with Gasteiger partial charge in [-0.25, -0.2) is 9.97 Å². The lowest BCUT2D eigenvalue weighted by Crippen LogP contribution is -2.05. The maximum absolute atomic E-state index is 6.21. The highest BCUT2D eigenvalue weighted by Crippen LogP contribution is 2.31. The third-order valence-corrected chi connectivity index (χ3v) is 5.57. The molecular formula is C20H16ClN5OS. The quantitative estimate of drug-likeness (QED) is 0.346. The molecule has 140 valence electrons. The minimum atomic E-state index is 0.483. The molecular weight excluding hydrogens is 394 g/mol. The second kappa shape index (κ2) is 7.41. The standard InChI is InChI=1S/C20H16ClN5OS/c21-15-7-3-1-5-13(15)19-24-17(27-26-19)11-28-20-23-16-8-4-2-6-14(16)18(25-20)22-12-9-10-12/h1-8,12H,9-11H2,(H,22,23,25). The second-order valence-corrected chi connectivity index (χ2v) is 7.92. The van der Waals surface area contributed by atoms with Crippen molar-refractivity contribution >= 4 is 40.1 Å². The predicted molar refractivity (Wildman–Crippen MR) is 110 cm³/mol. The van der Waals surface area contributed by atoms with Crippen molar-refractivity contribution in [2.75, 3.05) is 5.32 Å². The number of nitrogens with zero attached hydrogens (tertiary/aromatic N) is 4. The van der Waals surface area contributed by atoms with Crippen molar-refractivity contribution in [2.45, 2.75) is 29.8 Å². The summed E-state index contributed by atoms with van der Waals surface area (Å²) < 4.78 is 5.38. The van der Waals surface area contributed by atoms with Gasteiger partial charge in [0.05, 0.1) is 16.3 Å². The van der Waals surface area contributed by atoms with Crippen LogP contribution in [0, 0.1) is 0 Å². The van der Waals surface area contributed by atoms with Gasteiger partial charge in [0.25, 0.3) is 0 Å². The molecule has 2 aromatic carbocycles. The topological polar surface area (TPSA) is 76.7 Å². The number of halogens is 1. The fourth-order valence-electron chi connectivity index (χ4n) is 2.84. The van der Waals surface area contributed by atoms with Crippen molar-refractivity contribution in [2.24, 2.45) is 0 Å². The van der Waals surface area contributed by atoms with Gasteiger partial charge in [0.2, 0.25) is 11.7 Å². The van der Waals surface area contributed by atoms with Crippen LogP contribution in [0.5, 0.6) is 0 Å². The number of hydrogen-bond acceptors (Lipinski definition) is 7. The smallest absolute Gasteiger partial charge is 0.237 e. The molecule has 0 amide bonds. The molecule has 2 heterocycles. The Morgan fingerprint density at radius 1 is 1.04 bits per heavy atom. The molecule has 8 heteroatoms. The zero-order valence-electron chi connectivity index (χ0n) is 14.8. The van der Waals surface area contributed by atoms with E-state index >= 15 is 0 Å². The minimum absolute atomic E-state index is 0.483. The number of anilines is 1. The molecule has 0 saturated heterocycles. The van der Waals surface area contributed by atoms with Gasteiger partial charge < -0.3 is 9.84 Å². The summed E-state index contributed by atoms with van der Waals surface area (Å²) in [4.78, 5) is 13.8. The molecule has 28 heavy (non-hydrogen) atoms. The summed E-state index contributed by atoms with van der Waals surface area (Å²) in [6.45, 7) is 0. The highest BCUT2D eigenvalue weighted by molar-refractivity contribution is 7.98. The number of para-hydroxylation sites is 1. The zero-order valence-corrected chi connectivity index (χ0v) is 16.4. The van der Waals surface area contributed by atoms with Gasteiger partial charge in [0.15, 0.2) is 5.16 Å². The first kappa shape index (κ1) is 17.5. The SMILES string of the molecule is Clc1ccccc1-c1noc(CSc2nc(NC3CC3)c3ccccc3n2)n1. The summed E-state index contributed by atoms with van der Waals surface area (Å²) in [5, 5.41) is 9.85. The average molecular weight is 410 g/mol. The van der Waals surface area contributed by atoms with Gasteiger partial charge in [-0.15, -0.1) is 0 Å². The van der Waals surface area contributed by atoms with Crippen molar-refractivity contribution in [1.29, 1.82) is 0 Å². The van der Waals surface area contributed by atoms with E-state index in [9.17, 15) is 0 Å². The van der Waals surface area contributed by atoms with E-state index in [1.807, 2.05) is 42.5 Å². The zero-order chi connectivity index (χ0) is 18.9. The molecule has 5 rings (SSSR count). The van der Waals surface area contributed by atoms with Crippen LogP contribution in [-0.2, 0) is 5.75 Å². The van der Waals surface area contributed by atoms with Gasteiger partial charge in [-0.3, -0.25) is 0 Å². The van der Waals surface area contributed by atoms with Crippen LogP contribution in [0.1, 0.15) is 18.7 Å². The van der Waals surface area contributed by atoms with E-state index in [4.69, 9.17) is 21.1 Å². The van der Waals surface area contributed by atoms with Crippen LogP contribution in [0.2, 0.25) is 5.02 Å². The van der Waals surface area contributed by atoms with Gasteiger partial charge in [-0.2, -0.15) is 4.98 Å². The lowest BCUT2D eigenvalue weighted by atomic mass is 10.2. The molecule has 0 radical (unpaired) electrons. The van der Waals surface area contributed by atoms with E-state index in [-0.39, 0.29) is 0 Å². The Balaban J connectivity index is 1.37.